The molecule has 1 aliphatic heterocycles. The largest absolute Gasteiger partial charge is 0.381 e. The molecule has 0 aromatic rings. The van der Waals surface area contributed by atoms with Crippen LogP contribution < -0.4 is 5.32 Å². The molecule has 1 N–H and O–H groups in total. The Labute approximate surface area is 118 Å². The van der Waals surface area contributed by atoms with E-state index in [1.807, 2.05) is 0 Å². The molecule has 1 aliphatic carbocycles. The van der Waals surface area contributed by atoms with Gasteiger partial charge in [0.05, 0.1) is 19.3 Å². The van der Waals surface area contributed by atoms with Crippen LogP contribution in [0.3, 0.4) is 0 Å². The lowest BCUT2D eigenvalue weighted by Crippen LogP contribution is -2.42. The second kappa shape index (κ2) is 8.23. The molecule has 0 aromatic carbocycles. The van der Waals surface area contributed by atoms with E-state index in [-0.39, 0.29) is 0 Å². The second-order valence-electron chi connectivity index (χ2n) is 6.40. The van der Waals surface area contributed by atoms with Gasteiger partial charge in [-0.2, -0.15) is 0 Å². The van der Waals surface area contributed by atoms with Crippen molar-refractivity contribution in [2.45, 2.75) is 64.5 Å². The summed E-state index contributed by atoms with van der Waals surface area (Å²) in [5.41, 5.74) is 0. The van der Waals surface area contributed by atoms with E-state index >= 15 is 0 Å². The van der Waals surface area contributed by atoms with Crippen LogP contribution in [0.15, 0.2) is 0 Å². The van der Waals surface area contributed by atoms with Gasteiger partial charge in [-0.25, -0.2) is 0 Å². The molecule has 0 aromatic heterocycles. The van der Waals surface area contributed by atoms with Crippen LogP contribution >= 0.6 is 0 Å². The molecule has 0 bridgehead atoms. The molecule has 2 aliphatic rings. The molecule has 2 atom stereocenters. The number of hydrogen-bond donors (Lipinski definition) is 1. The fraction of sp³-hybridized carbons (Fsp3) is 1.00. The van der Waals surface area contributed by atoms with E-state index in [2.05, 4.69) is 19.2 Å². The third-order valence-corrected chi connectivity index (χ3v) is 4.66. The van der Waals surface area contributed by atoms with Gasteiger partial charge in [0.2, 0.25) is 0 Å². The van der Waals surface area contributed by atoms with Gasteiger partial charge in [-0.15, -0.1) is 0 Å². The maximum Gasteiger partial charge on any atom is 0.0626 e. The van der Waals surface area contributed by atoms with Crippen LogP contribution in [-0.2, 0) is 9.47 Å². The van der Waals surface area contributed by atoms with Crippen LogP contribution in [0.1, 0.15) is 52.4 Å². The first-order valence-corrected chi connectivity index (χ1v) is 8.22. The molecule has 1 saturated carbocycles. The molecule has 19 heavy (non-hydrogen) atoms. The average Bonchev–Trinajstić information content (AvgIpc) is 2.95. The number of hydrogen-bond acceptors (Lipinski definition) is 3. The van der Waals surface area contributed by atoms with E-state index in [4.69, 9.17) is 9.47 Å². The number of ether oxygens (including phenoxy) is 2. The molecule has 2 rings (SSSR count). The lowest BCUT2D eigenvalue weighted by atomic mass is 9.89. The summed E-state index contributed by atoms with van der Waals surface area (Å²) in [7, 11) is 0. The molecule has 2 fully saturated rings. The van der Waals surface area contributed by atoms with Gasteiger partial charge in [0.25, 0.3) is 0 Å². The fourth-order valence-corrected chi connectivity index (χ4v) is 3.20. The Hall–Kier alpha value is -0.120. The van der Waals surface area contributed by atoms with E-state index < -0.39 is 0 Å². The van der Waals surface area contributed by atoms with Gasteiger partial charge < -0.3 is 14.8 Å². The second-order valence-corrected chi connectivity index (χ2v) is 6.40. The standard InChI is InChI=1S/C16H31NO2/c1-3-9-17-16(14-8-10-18-11-14)12-19-15-6-4-13(2)5-7-15/h13-17H,3-12H2,1-2H3. The zero-order valence-electron chi connectivity index (χ0n) is 12.7. The van der Waals surface area contributed by atoms with Gasteiger partial charge in [-0.05, 0) is 51.0 Å². The van der Waals surface area contributed by atoms with Gasteiger partial charge in [-0.3, -0.25) is 0 Å². The predicted octanol–water partition coefficient (Wildman–Crippen LogP) is 2.99. The number of rotatable bonds is 7. The molecule has 2 unspecified atom stereocenters. The number of nitrogens with one attached hydrogen (secondary N) is 1. The molecular weight excluding hydrogens is 238 g/mol. The van der Waals surface area contributed by atoms with Crippen LogP contribution in [0.4, 0.5) is 0 Å². The van der Waals surface area contributed by atoms with Crippen molar-refractivity contribution in [3.8, 4) is 0 Å². The van der Waals surface area contributed by atoms with Crippen molar-refractivity contribution >= 4 is 0 Å². The molecule has 3 nitrogen and oxygen atoms in total. The van der Waals surface area contributed by atoms with Crippen LogP contribution in [0, 0.1) is 11.8 Å². The molecule has 0 amide bonds. The van der Waals surface area contributed by atoms with Gasteiger partial charge in [0.1, 0.15) is 0 Å². The van der Waals surface area contributed by atoms with Gasteiger partial charge >= 0.3 is 0 Å². The Kier molecular flexibility index (Phi) is 6.62. The Morgan fingerprint density at radius 3 is 2.63 bits per heavy atom. The molecular formula is C16H31NO2. The van der Waals surface area contributed by atoms with Crippen molar-refractivity contribution in [1.82, 2.24) is 5.32 Å². The molecule has 0 radical (unpaired) electrons. The summed E-state index contributed by atoms with van der Waals surface area (Å²) in [5.74, 6) is 1.55. The molecule has 0 spiro atoms. The first kappa shape index (κ1) is 15.3. The van der Waals surface area contributed by atoms with E-state index in [0.29, 0.717) is 18.1 Å². The average molecular weight is 269 g/mol. The van der Waals surface area contributed by atoms with Gasteiger partial charge in [-0.1, -0.05) is 13.8 Å². The summed E-state index contributed by atoms with van der Waals surface area (Å²) in [4.78, 5) is 0. The lowest BCUT2D eigenvalue weighted by Gasteiger charge is -2.30. The minimum Gasteiger partial charge on any atom is -0.381 e. The van der Waals surface area contributed by atoms with Gasteiger partial charge in [0.15, 0.2) is 0 Å². The minimum atomic E-state index is 0.488. The Balaban J connectivity index is 1.72. The van der Waals surface area contributed by atoms with Crippen molar-refractivity contribution in [2.24, 2.45) is 11.8 Å². The Morgan fingerprint density at radius 1 is 1.21 bits per heavy atom. The van der Waals surface area contributed by atoms with Crippen LogP contribution in [0.5, 0.6) is 0 Å². The molecule has 1 heterocycles. The molecule has 1 saturated heterocycles. The highest BCUT2D eigenvalue weighted by atomic mass is 16.5. The first-order valence-electron chi connectivity index (χ1n) is 8.22. The van der Waals surface area contributed by atoms with Crippen molar-refractivity contribution < 1.29 is 9.47 Å². The van der Waals surface area contributed by atoms with Crippen molar-refractivity contribution in [1.29, 1.82) is 0 Å². The van der Waals surface area contributed by atoms with Crippen LogP contribution in [0.25, 0.3) is 0 Å². The third-order valence-electron chi connectivity index (χ3n) is 4.66. The van der Waals surface area contributed by atoms with Crippen molar-refractivity contribution in [3.63, 3.8) is 0 Å². The molecule has 112 valence electrons. The first-order chi connectivity index (χ1) is 9.29. The maximum atomic E-state index is 6.18. The fourth-order valence-electron chi connectivity index (χ4n) is 3.20. The Bertz CT molecular complexity index is 233. The lowest BCUT2D eigenvalue weighted by molar-refractivity contribution is -0.000808. The quantitative estimate of drug-likeness (QED) is 0.771. The van der Waals surface area contributed by atoms with E-state index in [9.17, 15) is 0 Å². The predicted molar refractivity (Wildman–Crippen MR) is 78.4 cm³/mol. The minimum absolute atomic E-state index is 0.488. The third kappa shape index (κ3) is 5.05. The zero-order valence-corrected chi connectivity index (χ0v) is 12.7. The normalized spacial score (nSPS) is 33.5. The van der Waals surface area contributed by atoms with Crippen LogP contribution in [-0.4, -0.2) is 38.5 Å². The SMILES string of the molecule is CCCNC(COC1CCC(C)CC1)C1CCOC1. The maximum absolute atomic E-state index is 6.18. The monoisotopic (exact) mass is 269 g/mol. The van der Waals surface area contributed by atoms with Crippen LogP contribution in [0.2, 0.25) is 0 Å². The molecule has 3 heteroatoms. The topological polar surface area (TPSA) is 30.5 Å². The van der Waals surface area contributed by atoms with E-state index in [1.165, 1.54) is 38.5 Å². The summed E-state index contributed by atoms with van der Waals surface area (Å²) in [6.07, 6.45) is 8.06. The van der Waals surface area contributed by atoms with E-state index in [0.717, 1.165) is 32.3 Å². The van der Waals surface area contributed by atoms with Crippen molar-refractivity contribution in [3.05, 3.63) is 0 Å². The van der Waals surface area contributed by atoms with Gasteiger partial charge in [0, 0.05) is 18.6 Å². The van der Waals surface area contributed by atoms with E-state index in [1.54, 1.807) is 0 Å². The smallest absolute Gasteiger partial charge is 0.0626 e. The zero-order chi connectivity index (χ0) is 13.5. The van der Waals surface area contributed by atoms with Crippen molar-refractivity contribution in [2.75, 3.05) is 26.4 Å². The highest BCUT2D eigenvalue weighted by Crippen LogP contribution is 2.26. The Morgan fingerprint density at radius 2 is 2.00 bits per heavy atom. The summed E-state index contributed by atoms with van der Waals surface area (Å²) in [6.45, 7) is 8.37. The summed E-state index contributed by atoms with van der Waals surface area (Å²) in [5, 5.41) is 3.65. The summed E-state index contributed by atoms with van der Waals surface area (Å²) in [6, 6.07) is 0.488. The summed E-state index contributed by atoms with van der Waals surface area (Å²) >= 11 is 0. The summed E-state index contributed by atoms with van der Waals surface area (Å²) < 4.78 is 11.7. The highest BCUT2D eigenvalue weighted by Gasteiger charge is 2.27. The highest BCUT2D eigenvalue weighted by molar-refractivity contribution is 4.80.